The van der Waals surface area contributed by atoms with Gasteiger partial charge < -0.3 is 9.67 Å². The van der Waals surface area contributed by atoms with Crippen molar-refractivity contribution in [1.29, 1.82) is 0 Å². The molecule has 0 aliphatic rings. The number of aryl methyl sites for hydroxylation is 2. The highest BCUT2D eigenvalue weighted by Crippen LogP contribution is 2.08. The van der Waals surface area contributed by atoms with E-state index in [0.29, 0.717) is 6.42 Å². The molecule has 0 amide bonds. The Morgan fingerprint density at radius 2 is 2.14 bits per heavy atom. The third-order valence-electron chi connectivity index (χ3n) is 2.15. The zero-order valence-corrected chi connectivity index (χ0v) is 8.95. The first-order valence-corrected chi connectivity index (χ1v) is 4.77. The molecular weight excluding hydrogens is 178 g/mol. The Bertz CT molecular complexity index is 360. The molecule has 0 atom stereocenters. The monoisotopic (exact) mass is 195 g/mol. The first-order chi connectivity index (χ1) is 6.38. The average molecular weight is 195 g/mol. The number of pyridine rings is 1. The number of hydrogen-bond donors (Lipinski definition) is 1. The standard InChI is InChI=1S/C11H17NO2/c1-9-8-12(6-4-10(9)13)7-5-11(2,3)14/h4,6,8,14H,5,7H2,1-3H3. The highest BCUT2D eigenvalue weighted by atomic mass is 16.3. The summed E-state index contributed by atoms with van der Waals surface area (Å²) in [7, 11) is 0. The van der Waals surface area contributed by atoms with Gasteiger partial charge in [0.05, 0.1) is 5.60 Å². The first-order valence-electron chi connectivity index (χ1n) is 4.77. The molecule has 0 aliphatic heterocycles. The molecule has 0 unspecified atom stereocenters. The molecule has 1 aromatic rings. The maximum absolute atomic E-state index is 11.1. The molecule has 1 N–H and O–H groups in total. The van der Waals surface area contributed by atoms with Crippen molar-refractivity contribution in [3.63, 3.8) is 0 Å². The maximum atomic E-state index is 11.1. The van der Waals surface area contributed by atoms with Crippen molar-refractivity contribution in [2.45, 2.75) is 39.3 Å². The van der Waals surface area contributed by atoms with Crippen LogP contribution in [0.15, 0.2) is 23.3 Å². The van der Waals surface area contributed by atoms with Crippen molar-refractivity contribution in [3.05, 3.63) is 34.2 Å². The van der Waals surface area contributed by atoms with E-state index in [1.165, 1.54) is 0 Å². The molecule has 14 heavy (non-hydrogen) atoms. The van der Waals surface area contributed by atoms with Crippen LogP contribution in [0.5, 0.6) is 0 Å². The predicted octanol–water partition coefficient (Wildman–Crippen LogP) is 1.32. The van der Waals surface area contributed by atoms with Crippen LogP contribution in [0.25, 0.3) is 0 Å². The fourth-order valence-electron chi connectivity index (χ4n) is 1.19. The van der Waals surface area contributed by atoms with Crippen LogP contribution < -0.4 is 5.43 Å². The number of rotatable bonds is 3. The van der Waals surface area contributed by atoms with Crippen LogP contribution in [-0.4, -0.2) is 15.3 Å². The van der Waals surface area contributed by atoms with Gasteiger partial charge in [0.15, 0.2) is 5.43 Å². The van der Waals surface area contributed by atoms with Crippen molar-refractivity contribution < 1.29 is 5.11 Å². The lowest BCUT2D eigenvalue weighted by molar-refractivity contribution is 0.0661. The third kappa shape index (κ3) is 3.34. The second kappa shape index (κ2) is 3.96. The minimum atomic E-state index is -0.656. The van der Waals surface area contributed by atoms with E-state index in [1.54, 1.807) is 33.0 Å². The lowest BCUT2D eigenvalue weighted by atomic mass is 10.1. The molecule has 1 rings (SSSR count). The molecule has 3 heteroatoms. The van der Waals surface area contributed by atoms with Gasteiger partial charge in [-0.1, -0.05) is 0 Å². The SMILES string of the molecule is Cc1cn(CCC(C)(C)O)ccc1=O. The molecule has 0 saturated heterocycles. The van der Waals surface area contributed by atoms with Gasteiger partial charge in [-0.25, -0.2) is 0 Å². The molecule has 0 radical (unpaired) electrons. The van der Waals surface area contributed by atoms with E-state index in [0.717, 1.165) is 12.1 Å². The van der Waals surface area contributed by atoms with Gasteiger partial charge in [0.1, 0.15) is 0 Å². The summed E-state index contributed by atoms with van der Waals surface area (Å²) in [6.45, 7) is 6.08. The van der Waals surface area contributed by atoms with Crippen molar-refractivity contribution in [2.75, 3.05) is 0 Å². The van der Waals surface area contributed by atoms with Crippen LogP contribution in [0, 0.1) is 6.92 Å². The van der Waals surface area contributed by atoms with Gasteiger partial charge in [0.25, 0.3) is 0 Å². The Morgan fingerprint density at radius 3 is 2.64 bits per heavy atom. The van der Waals surface area contributed by atoms with Crippen molar-refractivity contribution >= 4 is 0 Å². The lowest BCUT2D eigenvalue weighted by Gasteiger charge is -2.17. The van der Waals surface area contributed by atoms with E-state index in [9.17, 15) is 9.90 Å². The summed E-state index contributed by atoms with van der Waals surface area (Å²) in [5.74, 6) is 0. The maximum Gasteiger partial charge on any atom is 0.184 e. The topological polar surface area (TPSA) is 42.2 Å². The third-order valence-corrected chi connectivity index (χ3v) is 2.15. The van der Waals surface area contributed by atoms with Gasteiger partial charge in [0.2, 0.25) is 0 Å². The average Bonchev–Trinajstić information content (AvgIpc) is 2.06. The highest BCUT2D eigenvalue weighted by Gasteiger charge is 2.11. The molecule has 3 nitrogen and oxygen atoms in total. The Balaban J connectivity index is 2.70. The minimum Gasteiger partial charge on any atom is -0.390 e. The summed E-state index contributed by atoms with van der Waals surface area (Å²) in [4.78, 5) is 11.1. The van der Waals surface area contributed by atoms with Crippen LogP contribution in [0.3, 0.4) is 0 Å². The summed E-state index contributed by atoms with van der Waals surface area (Å²) in [6.07, 6.45) is 4.24. The number of nitrogens with zero attached hydrogens (tertiary/aromatic N) is 1. The summed E-state index contributed by atoms with van der Waals surface area (Å²) in [5.41, 5.74) is 0.143. The van der Waals surface area contributed by atoms with Gasteiger partial charge in [0, 0.05) is 30.6 Å². The summed E-state index contributed by atoms with van der Waals surface area (Å²) in [5, 5.41) is 9.53. The molecule has 0 bridgehead atoms. The largest absolute Gasteiger partial charge is 0.390 e. The van der Waals surface area contributed by atoms with Crippen molar-refractivity contribution in [1.82, 2.24) is 4.57 Å². The molecule has 1 aromatic heterocycles. The van der Waals surface area contributed by atoms with Gasteiger partial charge in [-0.3, -0.25) is 4.79 Å². The Labute approximate surface area is 84.0 Å². The van der Waals surface area contributed by atoms with Crippen LogP contribution in [-0.2, 0) is 6.54 Å². The number of aromatic nitrogens is 1. The summed E-state index contributed by atoms with van der Waals surface area (Å²) >= 11 is 0. The highest BCUT2D eigenvalue weighted by molar-refractivity contribution is 5.07. The molecule has 0 fully saturated rings. The molecule has 0 aliphatic carbocycles. The van der Waals surface area contributed by atoms with E-state index in [1.807, 2.05) is 10.8 Å². The molecular formula is C11H17NO2. The van der Waals surface area contributed by atoms with Crippen molar-refractivity contribution in [2.24, 2.45) is 0 Å². The summed E-state index contributed by atoms with van der Waals surface area (Å²) in [6, 6.07) is 1.56. The van der Waals surface area contributed by atoms with Gasteiger partial charge in [-0.15, -0.1) is 0 Å². The Kier molecular flexibility index (Phi) is 3.11. The second-order valence-corrected chi connectivity index (χ2v) is 4.29. The fraction of sp³-hybridized carbons (Fsp3) is 0.545. The predicted molar refractivity (Wildman–Crippen MR) is 56.4 cm³/mol. The normalized spacial score (nSPS) is 11.7. The van der Waals surface area contributed by atoms with E-state index in [2.05, 4.69) is 0 Å². The number of aliphatic hydroxyl groups is 1. The zero-order chi connectivity index (χ0) is 10.8. The Morgan fingerprint density at radius 1 is 1.50 bits per heavy atom. The molecule has 0 spiro atoms. The molecule has 0 aromatic carbocycles. The molecule has 1 heterocycles. The van der Waals surface area contributed by atoms with E-state index < -0.39 is 5.60 Å². The van der Waals surface area contributed by atoms with Crippen LogP contribution >= 0.6 is 0 Å². The lowest BCUT2D eigenvalue weighted by Crippen LogP contribution is -2.21. The van der Waals surface area contributed by atoms with E-state index >= 15 is 0 Å². The van der Waals surface area contributed by atoms with Crippen LogP contribution in [0.4, 0.5) is 0 Å². The first kappa shape index (κ1) is 11.0. The second-order valence-electron chi connectivity index (χ2n) is 4.29. The minimum absolute atomic E-state index is 0.0597. The van der Waals surface area contributed by atoms with E-state index in [-0.39, 0.29) is 5.43 Å². The van der Waals surface area contributed by atoms with Crippen molar-refractivity contribution in [3.8, 4) is 0 Å². The quantitative estimate of drug-likeness (QED) is 0.790. The van der Waals surface area contributed by atoms with Gasteiger partial charge in [-0.2, -0.15) is 0 Å². The summed E-state index contributed by atoms with van der Waals surface area (Å²) < 4.78 is 1.93. The Hall–Kier alpha value is -1.09. The van der Waals surface area contributed by atoms with E-state index in [4.69, 9.17) is 0 Å². The molecule has 0 saturated carbocycles. The smallest absolute Gasteiger partial charge is 0.184 e. The van der Waals surface area contributed by atoms with Gasteiger partial charge in [-0.05, 0) is 27.2 Å². The fourth-order valence-corrected chi connectivity index (χ4v) is 1.19. The number of hydrogen-bond acceptors (Lipinski definition) is 2. The zero-order valence-electron chi connectivity index (χ0n) is 8.95. The van der Waals surface area contributed by atoms with Crippen LogP contribution in [0.2, 0.25) is 0 Å². The van der Waals surface area contributed by atoms with Crippen LogP contribution in [0.1, 0.15) is 25.8 Å². The molecule has 78 valence electrons. The van der Waals surface area contributed by atoms with Gasteiger partial charge >= 0.3 is 0 Å².